The van der Waals surface area contributed by atoms with Gasteiger partial charge in [0.2, 0.25) is 0 Å². The van der Waals surface area contributed by atoms with Crippen molar-refractivity contribution < 1.29 is 4.74 Å². The molecular formula is C9H14N2O. The second kappa shape index (κ2) is 3.19. The minimum absolute atomic E-state index is 0.508. The van der Waals surface area contributed by atoms with E-state index in [1.807, 2.05) is 6.07 Å². The fourth-order valence-electron chi connectivity index (χ4n) is 1.66. The standard InChI is InChI=1S/C9H14N2O/c1-12-9-5-4-8(11-9)7-3-2-6-10-7/h4-5,7,10-11H,2-3,6H2,1H3. The summed E-state index contributed by atoms with van der Waals surface area (Å²) in [4.78, 5) is 3.22. The fourth-order valence-corrected chi connectivity index (χ4v) is 1.66. The molecule has 1 aromatic heterocycles. The summed E-state index contributed by atoms with van der Waals surface area (Å²) < 4.78 is 5.07. The molecule has 0 radical (unpaired) electrons. The summed E-state index contributed by atoms with van der Waals surface area (Å²) in [5.41, 5.74) is 1.24. The predicted molar refractivity (Wildman–Crippen MR) is 47.3 cm³/mol. The Balaban J connectivity index is 2.11. The van der Waals surface area contributed by atoms with Gasteiger partial charge in [0.15, 0.2) is 5.88 Å². The smallest absolute Gasteiger partial charge is 0.190 e. The van der Waals surface area contributed by atoms with Gasteiger partial charge in [0.05, 0.1) is 7.11 Å². The molecule has 0 bridgehead atoms. The number of aromatic amines is 1. The maximum absolute atomic E-state index is 5.07. The molecule has 0 aliphatic carbocycles. The molecule has 0 amide bonds. The van der Waals surface area contributed by atoms with Gasteiger partial charge in [0, 0.05) is 11.7 Å². The van der Waals surface area contributed by atoms with E-state index in [0.29, 0.717) is 6.04 Å². The Morgan fingerprint density at radius 1 is 1.50 bits per heavy atom. The van der Waals surface area contributed by atoms with Gasteiger partial charge in [0.25, 0.3) is 0 Å². The molecule has 1 fully saturated rings. The molecule has 1 saturated heterocycles. The number of methoxy groups -OCH3 is 1. The second-order valence-electron chi connectivity index (χ2n) is 3.13. The van der Waals surface area contributed by atoms with Crippen molar-refractivity contribution in [3.8, 4) is 5.88 Å². The average Bonchev–Trinajstić information content (AvgIpc) is 2.75. The van der Waals surface area contributed by atoms with Gasteiger partial charge in [-0.2, -0.15) is 0 Å². The van der Waals surface area contributed by atoms with Crippen molar-refractivity contribution in [1.82, 2.24) is 10.3 Å². The zero-order chi connectivity index (χ0) is 8.39. The van der Waals surface area contributed by atoms with Crippen LogP contribution in [0, 0.1) is 0 Å². The van der Waals surface area contributed by atoms with Gasteiger partial charge in [-0.25, -0.2) is 0 Å². The van der Waals surface area contributed by atoms with E-state index in [1.165, 1.54) is 18.5 Å². The minimum atomic E-state index is 0.508. The van der Waals surface area contributed by atoms with Crippen LogP contribution in [0.25, 0.3) is 0 Å². The monoisotopic (exact) mass is 166 g/mol. The van der Waals surface area contributed by atoms with Crippen molar-refractivity contribution in [2.24, 2.45) is 0 Å². The SMILES string of the molecule is COc1ccc(C2CCCN2)[nH]1. The molecule has 1 aliphatic rings. The molecule has 1 aliphatic heterocycles. The molecule has 2 heterocycles. The second-order valence-corrected chi connectivity index (χ2v) is 3.13. The fraction of sp³-hybridized carbons (Fsp3) is 0.556. The van der Waals surface area contributed by atoms with Crippen LogP contribution >= 0.6 is 0 Å². The van der Waals surface area contributed by atoms with Crippen LogP contribution in [0.4, 0.5) is 0 Å². The zero-order valence-electron chi connectivity index (χ0n) is 7.26. The third-order valence-electron chi connectivity index (χ3n) is 2.34. The van der Waals surface area contributed by atoms with E-state index in [1.54, 1.807) is 7.11 Å². The number of H-pyrrole nitrogens is 1. The average molecular weight is 166 g/mol. The first kappa shape index (κ1) is 7.68. The molecule has 3 nitrogen and oxygen atoms in total. The Morgan fingerprint density at radius 3 is 3.00 bits per heavy atom. The third kappa shape index (κ3) is 1.32. The lowest BCUT2D eigenvalue weighted by Crippen LogP contribution is -2.12. The number of nitrogens with one attached hydrogen (secondary N) is 2. The number of ether oxygens (including phenoxy) is 1. The van der Waals surface area contributed by atoms with Crippen LogP contribution in [-0.4, -0.2) is 18.6 Å². The summed E-state index contributed by atoms with van der Waals surface area (Å²) in [6, 6.07) is 4.56. The summed E-state index contributed by atoms with van der Waals surface area (Å²) in [6.07, 6.45) is 2.50. The molecule has 1 unspecified atom stereocenters. The Labute approximate surface area is 72.1 Å². The molecule has 0 saturated carbocycles. The van der Waals surface area contributed by atoms with Gasteiger partial charge < -0.3 is 15.0 Å². The highest BCUT2D eigenvalue weighted by atomic mass is 16.5. The maximum atomic E-state index is 5.07. The van der Waals surface area contributed by atoms with E-state index in [-0.39, 0.29) is 0 Å². The molecule has 0 spiro atoms. The molecule has 66 valence electrons. The molecule has 3 heteroatoms. The Bertz CT molecular complexity index is 251. The minimum Gasteiger partial charge on any atom is -0.482 e. The van der Waals surface area contributed by atoms with Crippen molar-refractivity contribution in [2.75, 3.05) is 13.7 Å². The van der Waals surface area contributed by atoms with Crippen LogP contribution in [0.3, 0.4) is 0 Å². The van der Waals surface area contributed by atoms with E-state index in [9.17, 15) is 0 Å². The van der Waals surface area contributed by atoms with Crippen LogP contribution in [-0.2, 0) is 0 Å². The van der Waals surface area contributed by atoms with E-state index < -0.39 is 0 Å². The van der Waals surface area contributed by atoms with Crippen molar-refractivity contribution in [3.05, 3.63) is 17.8 Å². The lowest BCUT2D eigenvalue weighted by atomic mass is 10.2. The molecule has 2 N–H and O–H groups in total. The molecule has 0 aromatic carbocycles. The van der Waals surface area contributed by atoms with Gasteiger partial charge in [-0.1, -0.05) is 0 Å². The molecule has 1 atom stereocenters. The van der Waals surface area contributed by atoms with Gasteiger partial charge in [-0.15, -0.1) is 0 Å². The first-order valence-electron chi connectivity index (χ1n) is 4.36. The lowest BCUT2D eigenvalue weighted by Gasteiger charge is -2.06. The van der Waals surface area contributed by atoms with Crippen LogP contribution in [0.5, 0.6) is 5.88 Å². The first-order valence-corrected chi connectivity index (χ1v) is 4.36. The van der Waals surface area contributed by atoms with Gasteiger partial charge in [0.1, 0.15) is 0 Å². The highest BCUT2D eigenvalue weighted by Crippen LogP contribution is 2.23. The van der Waals surface area contributed by atoms with Crippen molar-refractivity contribution in [3.63, 3.8) is 0 Å². The molecule has 12 heavy (non-hydrogen) atoms. The van der Waals surface area contributed by atoms with E-state index in [2.05, 4.69) is 16.4 Å². The van der Waals surface area contributed by atoms with Crippen molar-refractivity contribution in [2.45, 2.75) is 18.9 Å². The largest absolute Gasteiger partial charge is 0.482 e. The van der Waals surface area contributed by atoms with E-state index >= 15 is 0 Å². The lowest BCUT2D eigenvalue weighted by molar-refractivity contribution is 0.398. The maximum Gasteiger partial charge on any atom is 0.190 e. The van der Waals surface area contributed by atoms with Crippen LogP contribution in [0.2, 0.25) is 0 Å². The van der Waals surface area contributed by atoms with E-state index in [0.717, 1.165) is 12.4 Å². The molecule has 1 aromatic rings. The number of hydrogen-bond acceptors (Lipinski definition) is 2. The Morgan fingerprint density at radius 2 is 2.42 bits per heavy atom. The van der Waals surface area contributed by atoms with Crippen molar-refractivity contribution in [1.29, 1.82) is 0 Å². The predicted octanol–water partition coefficient (Wildman–Crippen LogP) is 1.45. The number of hydrogen-bond donors (Lipinski definition) is 2. The van der Waals surface area contributed by atoms with Gasteiger partial charge in [-0.05, 0) is 31.5 Å². The molecule has 2 rings (SSSR count). The normalized spacial score (nSPS) is 22.9. The number of aromatic nitrogens is 1. The summed E-state index contributed by atoms with van der Waals surface area (Å²) in [7, 11) is 1.68. The van der Waals surface area contributed by atoms with Crippen LogP contribution in [0.15, 0.2) is 12.1 Å². The van der Waals surface area contributed by atoms with E-state index in [4.69, 9.17) is 4.74 Å². The Kier molecular flexibility index (Phi) is 2.04. The Hall–Kier alpha value is -0.960. The van der Waals surface area contributed by atoms with Gasteiger partial charge >= 0.3 is 0 Å². The third-order valence-corrected chi connectivity index (χ3v) is 2.34. The van der Waals surface area contributed by atoms with Crippen LogP contribution in [0.1, 0.15) is 24.6 Å². The highest BCUT2D eigenvalue weighted by Gasteiger charge is 2.17. The summed E-state index contributed by atoms with van der Waals surface area (Å²) in [6.45, 7) is 1.13. The molecular weight excluding hydrogens is 152 g/mol. The number of rotatable bonds is 2. The van der Waals surface area contributed by atoms with Crippen molar-refractivity contribution >= 4 is 0 Å². The topological polar surface area (TPSA) is 37.0 Å². The highest BCUT2D eigenvalue weighted by molar-refractivity contribution is 5.21. The summed E-state index contributed by atoms with van der Waals surface area (Å²) >= 11 is 0. The summed E-state index contributed by atoms with van der Waals surface area (Å²) in [5.74, 6) is 0.846. The van der Waals surface area contributed by atoms with Gasteiger partial charge in [-0.3, -0.25) is 0 Å². The zero-order valence-corrected chi connectivity index (χ0v) is 7.26. The summed E-state index contributed by atoms with van der Waals surface area (Å²) in [5, 5.41) is 3.42. The quantitative estimate of drug-likeness (QED) is 0.697. The first-order chi connectivity index (χ1) is 5.90. The van der Waals surface area contributed by atoms with Crippen LogP contribution < -0.4 is 10.1 Å².